The highest BCUT2D eigenvalue weighted by atomic mass is 16.5. The second kappa shape index (κ2) is 9.04. The van der Waals surface area contributed by atoms with Gasteiger partial charge in [0, 0.05) is 18.4 Å². The van der Waals surface area contributed by atoms with Crippen molar-refractivity contribution in [3.05, 3.63) is 101 Å². The van der Waals surface area contributed by atoms with Crippen LogP contribution in [-0.4, -0.2) is 24.0 Å². The van der Waals surface area contributed by atoms with Gasteiger partial charge in [-0.25, -0.2) is 4.79 Å². The SMILES string of the molecule is Cc1ccc(C(=O)NC2(Cc3ccc(OCc4ccccc4)cc3)CCOC2=O)cc1. The van der Waals surface area contributed by atoms with Crippen molar-refractivity contribution < 1.29 is 19.1 Å². The van der Waals surface area contributed by atoms with Crippen LogP contribution < -0.4 is 10.1 Å². The number of cyclic esters (lactones) is 1. The number of nitrogens with one attached hydrogen (secondary N) is 1. The van der Waals surface area contributed by atoms with Gasteiger partial charge in [0.25, 0.3) is 5.91 Å². The van der Waals surface area contributed by atoms with Crippen molar-refractivity contribution in [1.82, 2.24) is 5.32 Å². The monoisotopic (exact) mass is 415 g/mol. The zero-order valence-corrected chi connectivity index (χ0v) is 17.5. The molecule has 0 spiro atoms. The van der Waals surface area contributed by atoms with E-state index in [1.54, 1.807) is 12.1 Å². The van der Waals surface area contributed by atoms with E-state index in [-0.39, 0.29) is 5.91 Å². The molecule has 5 heteroatoms. The van der Waals surface area contributed by atoms with E-state index in [2.05, 4.69) is 5.32 Å². The summed E-state index contributed by atoms with van der Waals surface area (Å²) >= 11 is 0. The molecular weight excluding hydrogens is 390 g/mol. The summed E-state index contributed by atoms with van der Waals surface area (Å²) in [7, 11) is 0. The van der Waals surface area contributed by atoms with Gasteiger partial charge in [-0.15, -0.1) is 0 Å². The number of amides is 1. The van der Waals surface area contributed by atoms with Crippen LogP contribution in [-0.2, 0) is 22.6 Å². The third-order valence-corrected chi connectivity index (χ3v) is 5.50. The standard InChI is InChI=1S/C26H25NO4/c1-19-7-11-22(12-8-19)24(28)27-26(15-16-30-25(26)29)17-20-9-13-23(14-10-20)31-18-21-5-3-2-4-6-21/h2-14H,15-18H2,1H3,(H,27,28). The van der Waals surface area contributed by atoms with E-state index in [0.717, 1.165) is 22.4 Å². The zero-order valence-electron chi connectivity index (χ0n) is 17.5. The molecule has 0 saturated carbocycles. The van der Waals surface area contributed by atoms with Gasteiger partial charge in [0.15, 0.2) is 0 Å². The number of esters is 1. The van der Waals surface area contributed by atoms with Crippen LogP contribution in [0.25, 0.3) is 0 Å². The van der Waals surface area contributed by atoms with E-state index in [1.807, 2.05) is 73.7 Å². The maximum absolute atomic E-state index is 12.8. The number of hydrogen-bond acceptors (Lipinski definition) is 4. The Kier molecular flexibility index (Phi) is 6.03. The number of carbonyl (C=O) groups is 2. The first kappa shape index (κ1) is 20.7. The molecule has 4 rings (SSSR count). The van der Waals surface area contributed by atoms with Gasteiger partial charge in [-0.05, 0) is 42.3 Å². The molecule has 3 aromatic carbocycles. The number of hydrogen-bond donors (Lipinski definition) is 1. The Labute approximate surface area is 182 Å². The van der Waals surface area contributed by atoms with E-state index < -0.39 is 11.5 Å². The summed E-state index contributed by atoms with van der Waals surface area (Å²) in [5.74, 6) is 0.0818. The lowest BCUT2D eigenvalue weighted by atomic mass is 9.88. The van der Waals surface area contributed by atoms with Crippen LogP contribution in [0.15, 0.2) is 78.9 Å². The normalized spacial score (nSPS) is 17.8. The molecule has 158 valence electrons. The summed E-state index contributed by atoms with van der Waals surface area (Å²) in [6, 6.07) is 24.8. The Balaban J connectivity index is 1.44. The average Bonchev–Trinajstić information content (AvgIpc) is 3.14. The van der Waals surface area contributed by atoms with Crippen LogP contribution in [0, 0.1) is 6.92 Å². The van der Waals surface area contributed by atoms with Crippen molar-refractivity contribution in [3.8, 4) is 5.75 Å². The lowest BCUT2D eigenvalue weighted by Gasteiger charge is -2.26. The van der Waals surface area contributed by atoms with Gasteiger partial charge in [-0.2, -0.15) is 0 Å². The Morgan fingerprint density at radius 2 is 1.68 bits per heavy atom. The van der Waals surface area contributed by atoms with Crippen LogP contribution in [0.4, 0.5) is 0 Å². The molecule has 0 aromatic heterocycles. The van der Waals surface area contributed by atoms with Crippen molar-refractivity contribution in [3.63, 3.8) is 0 Å². The summed E-state index contributed by atoms with van der Waals surface area (Å²) in [6.07, 6.45) is 0.804. The topological polar surface area (TPSA) is 64.6 Å². The third kappa shape index (κ3) is 4.94. The molecule has 1 saturated heterocycles. The first-order chi connectivity index (χ1) is 15.0. The number of ether oxygens (including phenoxy) is 2. The van der Waals surface area contributed by atoms with Gasteiger partial charge in [0.05, 0.1) is 6.61 Å². The highest BCUT2D eigenvalue weighted by molar-refractivity contribution is 5.98. The van der Waals surface area contributed by atoms with Crippen LogP contribution >= 0.6 is 0 Å². The molecule has 1 fully saturated rings. The second-order valence-corrected chi connectivity index (χ2v) is 7.88. The molecule has 5 nitrogen and oxygen atoms in total. The molecule has 0 aliphatic carbocycles. The van der Waals surface area contributed by atoms with Crippen molar-refractivity contribution >= 4 is 11.9 Å². The smallest absolute Gasteiger partial charge is 0.332 e. The number of benzene rings is 3. The molecule has 0 radical (unpaired) electrons. The predicted octanol–water partition coefficient (Wildman–Crippen LogP) is 4.23. The maximum Gasteiger partial charge on any atom is 0.332 e. The molecule has 3 aromatic rings. The summed E-state index contributed by atoms with van der Waals surface area (Å²) < 4.78 is 11.1. The first-order valence-corrected chi connectivity index (χ1v) is 10.4. The van der Waals surface area contributed by atoms with E-state index in [9.17, 15) is 9.59 Å². The summed E-state index contributed by atoms with van der Waals surface area (Å²) in [5, 5.41) is 2.94. The quantitative estimate of drug-likeness (QED) is 0.587. The number of carbonyl (C=O) groups excluding carboxylic acids is 2. The Morgan fingerprint density at radius 3 is 2.32 bits per heavy atom. The molecule has 1 N–H and O–H groups in total. The van der Waals surface area contributed by atoms with Gasteiger partial charge >= 0.3 is 5.97 Å². The molecule has 1 aliphatic heterocycles. The van der Waals surface area contributed by atoms with E-state index >= 15 is 0 Å². The number of aryl methyl sites for hydroxylation is 1. The van der Waals surface area contributed by atoms with Crippen LogP contribution in [0.2, 0.25) is 0 Å². The highest BCUT2D eigenvalue weighted by Crippen LogP contribution is 2.27. The maximum atomic E-state index is 12.8. The minimum Gasteiger partial charge on any atom is -0.489 e. The van der Waals surface area contributed by atoms with E-state index in [0.29, 0.717) is 31.6 Å². The predicted molar refractivity (Wildman–Crippen MR) is 118 cm³/mol. The second-order valence-electron chi connectivity index (χ2n) is 7.88. The van der Waals surface area contributed by atoms with Gasteiger partial charge in [-0.3, -0.25) is 4.79 Å². The fraction of sp³-hybridized carbons (Fsp3) is 0.231. The van der Waals surface area contributed by atoms with Gasteiger partial charge in [-0.1, -0.05) is 60.2 Å². The molecular formula is C26H25NO4. The van der Waals surface area contributed by atoms with E-state index in [1.165, 1.54) is 0 Å². The van der Waals surface area contributed by atoms with Gasteiger partial charge < -0.3 is 14.8 Å². The van der Waals surface area contributed by atoms with E-state index in [4.69, 9.17) is 9.47 Å². The van der Waals surface area contributed by atoms with Crippen molar-refractivity contribution in [2.45, 2.75) is 31.9 Å². The van der Waals surface area contributed by atoms with Crippen molar-refractivity contribution in [1.29, 1.82) is 0 Å². The largest absolute Gasteiger partial charge is 0.489 e. The lowest BCUT2D eigenvalue weighted by Crippen LogP contribution is -2.53. The Hall–Kier alpha value is -3.60. The minimum absolute atomic E-state index is 0.276. The Morgan fingerprint density at radius 1 is 0.968 bits per heavy atom. The average molecular weight is 415 g/mol. The fourth-order valence-corrected chi connectivity index (χ4v) is 3.66. The summed E-state index contributed by atoms with van der Waals surface area (Å²) in [5.41, 5.74) is 2.55. The third-order valence-electron chi connectivity index (χ3n) is 5.50. The lowest BCUT2D eigenvalue weighted by molar-refractivity contribution is -0.143. The fourth-order valence-electron chi connectivity index (χ4n) is 3.66. The van der Waals surface area contributed by atoms with Gasteiger partial charge in [0.2, 0.25) is 0 Å². The zero-order chi connectivity index (χ0) is 21.7. The van der Waals surface area contributed by atoms with Crippen LogP contribution in [0.3, 0.4) is 0 Å². The Bertz CT molecular complexity index is 1050. The molecule has 1 atom stereocenters. The molecule has 31 heavy (non-hydrogen) atoms. The van der Waals surface area contributed by atoms with Crippen LogP contribution in [0.1, 0.15) is 33.5 Å². The van der Waals surface area contributed by atoms with Gasteiger partial charge in [0.1, 0.15) is 17.9 Å². The number of rotatable bonds is 7. The molecule has 1 amide bonds. The summed E-state index contributed by atoms with van der Waals surface area (Å²) in [4.78, 5) is 25.4. The molecule has 0 bridgehead atoms. The first-order valence-electron chi connectivity index (χ1n) is 10.4. The molecule has 1 unspecified atom stereocenters. The minimum atomic E-state index is -1.06. The summed E-state index contributed by atoms with van der Waals surface area (Å²) in [6.45, 7) is 2.75. The van der Waals surface area contributed by atoms with Crippen LogP contribution in [0.5, 0.6) is 5.75 Å². The molecule has 1 heterocycles. The van der Waals surface area contributed by atoms with Crippen molar-refractivity contribution in [2.24, 2.45) is 0 Å². The van der Waals surface area contributed by atoms with Crippen molar-refractivity contribution in [2.75, 3.05) is 6.61 Å². The molecule has 1 aliphatic rings. The highest BCUT2D eigenvalue weighted by Gasteiger charge is 2.46.